The van der Waals surface area contributed by atoms with Crippen molar-refractivity contribution in [3.8, 4) is 5.69 Å². The molecule has 0 spiro atoms. The highest BCUT2D eigenvalue weighted by molar-refractivity contribution is 6.65. The molecule has 180 valence electrons. The Bertz CT molecular complexity index is 2000. The van der Waals surface area contributed by atoms with Crippen LogP contribution < -0.4 is 5.46 Å². The summed E-state index contributed by atoms with van der Waals surface area (Å²) in [5.41, 5.74) is 5.60. The van der Waals surface area contributed by atoms with Crippen molar-refractivity contribution >= 4 is 67.1 Å². The average molecular weight is 483 g/mol. The zero-order valence-electron chi connectivity index (χ0n) is 21.3. The Morgan fingerprint density at radius 2 is 1.38 bits per heavy atom. The monoisotopic (exact) mass is 483 g/mol. The molecular weight excluding hydrogens is 457 g/mol. The zero-order valence-corrected chi connectivity index (χ0v) is 21.3. The van der Waals surface area contributed by atoms with Gasteiger partial charge in [-0.3, -0.25) is 0 Å². The summed E-state index contributed by atoms with van der Waals surface area (Å²) < 4.78 is 21.4. The quantitative estimate of drug-likeness (QED) is 0.188. The lowest BCUT2D eigenvalue weighted by Crippen LogP contribution is -2.41. The summed E-state index contributed by atoms with van der Waals surface area (Å²) in [6.45, 7) is 8.42. The molecule has 0 bridgehead atoms. The maximum Gasteiger partial charge on any atom is 0.495 e. The van der Waals surface area contributed by atoms with Crippen LogP contribution in [-0.4, -0.2) is 22.9 Å². The minimum absolute atomic E-state index is 0.389. The minimum Gasteiger partial charge on any atom is -0.456 e. The van der Waals surface area contributed by atoms with E-state index in [4.69, 9.17) is 13.7 Å². The zero-order chi connectivity index (χ0) is 25.1. The maximum atomic E-state index is 6.47. The maximum absolute atomic E-state index is 6.47. The average Bonchev–Trinajstić information content (AvgIpc) is 3.49. The molecule has 0 saturated carbocycles. The van der Waals surface area contributed by atoms with Crippen LogP contribution in [-0.2, 0) is 9.31 Å². The van der Waals surface area contributed by atoms with Crippen molar-refractivity contribution in [3.63, 3.8) is 0 Å². The van der Waals surface area contributed by atoms with E-state index in [-0.39, 0.29) is 11.2 Å². The van der Waals surface area contributed by atoms with E-state index in [0.717, 1.165) is 33.1 Å². The number of furan rings is 1. The Balaban J connectivity index is 1.41. The van der Waals surface area contributed by atoms with Crippen LogP contribution in [0.5, 0.6) is 0 Å². The van der Waals surface area contributed by atoms with Crippen molar-refractivity contribution < 1.29 is 13.7 Å². The summed E-state index contributed by atoms with van der Waals surface area (Å²) in [5, 5.41) is 7.18. The highest BCUT2D eigenvalue weighted by Gasteiger charge is 2.52. The summed E-state index contributed by atoms with van der Waals surface area (Å²) in [7, 11) is -0.411. The molecule has 1 saturated heterocycles. The van der Waals surface area contributed by atoms with Crippen molar-refractivity contribution in [3.05, 3.63) is 84.9 Å². The van der Waals surface area contributed by atoms with Gasteiger partial charge < -0.3 is 18.3 Å². The van der Waals surface area contributed by atoms with Gasteiger partial charge in [0.2, 0.25) is 0 Å². The number of fused-ring (bicyclic) bond motifs is 3. The first-order chi connectivity index (χ1) is 17.8. The number of hydrogen-bond donors (Lipinski definition) is 0. The Hall–Kier alpha value is -3.80. The first kappa shape index (κ1) is 21.3. The molecule has 0 aliphatic carbocycles. The highest BCUT2D eigenvalue weighted by atomic mass is 16.7. The molecule has 4 nitrogen and oxygen atoms in total. The van der Waals surface area contributed by atoms with Crippen molar-refractivity contribution in [2.45, 2.75) is 38.9 Å². The molecule has 37 heavy (non-hydrogen) atoms. The first-order valence-corrected chi connectivity index (χ1v) is 12.9. The van der Waals surface area contributed by atoms with Gasteiger partial charge in [0.25, 0.3) is 0 Å². The summed E-state index contributed by atoms with van der Waals surface area (Å²) in [6.07, 6.45) is 0. The standard InChI is InChI=1S/C32H26BNO3/c1-31(2)32(3,4)37-33(36-31)24-15-16-26-30-22(24)14-12-19-8-7-10-25(29(19)30)34(26)20-13-17-28-23(18-20)21-9-5-6-11-27(21)35-28/h5-18H,1-4H3. The lowest BCUT2D eigenvalue weighted by molar-refractivity contribution is 0.00578. The molecule has 1 fully saturated rings. The van der Waals surface area contributed by atoms with Crippen molar-refractivity contribution in [1.82, 2.24) is 4.57 Å². The predicted molar refractivity (Wildman–Crippen MR) is 152 cm³/mol. The van der Waals surface area contributed by atoms with Crippen molar-refractivity contribution in [2.75, 3.05) is 0 Å². The van der Waals surface area contributed by atoms with Gasteiger partial charge in [0.15, 0.2) is 0 Å². The third-order valence-electron chi connectivity index (χ3n) is 8.62. The molecule has 3 heterocycles. The van der Waals surface area contributed by atoms with E-state index < -0.39 is 7.12 Å². The molecule has 0 radical (unpaired) electrons. The Labute approximate surface area is 214 Å². The van der Waals surface area contributed by atoms with Crippen LogP contribution in [0.4, 0.5) is 0 Å². The predicted octanol–water partition coefficient (Wildman–Crippen LogP) is 7.57. The number of para-hydroxylation sites is 1. The smallest absolute Gasteiger partial charge is 0.456 e. The molecule has 1 aliphatic rings. The van der Waals surface area contributed by atoms with Crippen LogP contribution in [0.15, 0.2) is 89.3 Å². The highest BCUT2D eigenvalue weighted by Crippen LogP contribution is 2.41. The molecule has 8 rings (SSSR count). The fourth-order valence-corrected chi connectivity index (χ4v) is 6.02. The summed E-state index contributed by atoms with van der Waals surface area (Å²) in [4.78, 5) is 0. The topological polar surface area (TPSA) is 36.5 Å². The van der Waals surface area contributed by atoms with E-state index in [1.165, 1.54) is 32.6 Å². The second kappa shape index (κ2) is 6.94. The number of nitrogens with zero attached hydrogens (tertiary/aromatic N) is 1. The van der Waals surface area contributed by atoms with Crippen LogP contribution in [0.2, 0.25) is 0 Å². The van der Waals surface area contributed by atoms with E-state index in [0.29, 0.717) is 0 Å². The van der Waals surface area contributed by atoms with Gasteiger partial charge >= 0.3 is 7.12 Å². The van der Waals surface area contributed by atoms with Crippen molar-refractivity contribution in [2.24, 2.45) is 0 Å². The molecule has 1 aliphatic heterocycles. The van der Waals surface area contributed by atoms with Gasteiger partial charge in [-0.15, -0.1) is 0 Å². The molecule has 0 N–H and O–H groups in total. The molecule has 2 aromatic heterocycles. The fourth-order valence-electron chi connectivity index (χ4n) is 6.02. The second-order valence-electron chi connectivity index (χ2n) is 11.2. The minimum atomic E-state index is -0.411. The summed E-state index contributed by atoms with van der Waals surface area (Å²) in [6, 6.07) is 30.1. The molecule has 0 amide bonds. The lowest BCUT2D eigenvalue weighted by atomic mass is 9.75. The van der Waals surface area contributed by atoms with Crippen LogP contribution in [0.1, 0.15) is 27.7 Å². The molecule has 7 aromatic rings. The Kier molecular flexibility index (Phi) is 4.00. The summed E-state index contributed by atoms with van der Waals surface area (Å²) >= 11 is 0. The van der Waals surface area contributed by atoms with Crippen LogP contribution >= 0.6 is 0 Å². The second-order valence-corrected chi connectivity index (χ2v) is 11.2. The number of benzene rings is 5. The number of rotatable bonds is 2. The van der Waals surface area contributed by atoms with Crippen molar-refractivity contribution in [1.29, 1.82) is 0 Å². The first-order valence-electron chi connectivity index (χ1n) is 12.9. The van der Waals surface area contributed by atoms with Gasteiger partial charge in [-0.25, -0.2) is 0 Å². The fraction of sp³-hybridized carbons (Fsp3) is 0.188. The molecule has 5 heteroatoms. The Morgan fingerprint density at radius 3 is 2.22 bits per heavy atom. The van der Waals surface area contributed by atoms with Gasteiger partial charge in [0, 0.05) is 27.2 Å². The largest absolute Gasteiger partial charge is 0.495 e. The van der Waals surface area contributed by atoms with Gasteiger partial charge in [-0.2, -0.15) is 0 Å². The normalized spacial score (nSPS) is 17.4. The van der Waals surface area contributed by atoms with E-state index >= 15 is 0 Å². The van der Waals surface area contributed by atoms with Gasteiger partial charge in [-0.05, 0) is 80.3 Å². The van der Waals surface area contributed by atoms with Gasteiger partial charge in [0.05, 0.1) is 22.2 Å². The van der Waals surface area contributed by atoms with Gasteiger partial charge in [0.1, 0.15) is 11.2 Å². The van der Waals surface area contributed by atoms with Gasteiger partial charge in [-0.1, -0.05) is 48.5 Å². The molecule has 0 unspecified atom stereocenters. The molecular formula is C32H26BNO3. The number of aromatic nitrogens is 1. The van der Waals surface area contributed by atoms with E-state index in [1.54, 1.807) is 0 Å². The third-order valence-corrected chi connectivity index (χ3v) is 8.62. The molecule has 0 atom stereocenters. The van der Waals surface area contributed by atoms with E-state index in [2.05, 4.69) is 105 Å². The lowest BCUT2D eigenvalue weighted by Gasteiger charge is -2.32. The van der Waals surface area contributed by atoms with E-state index in [1.807, 2.05) is 12.1 Å². The number of hydrogen-bond acceptors (Lipinski definition) is 3. The van der Waals surface area contributed by atoms with E-state index in [9.17, 15) is 0 Å². The SMILES string of the molecule is CC1(C)OB(c2ccc3c4c2ccc2cccc(c24)n3-c2ccc3oc4ccccc4c3c2)OC1(C)C. The summed E-state index contributed by atoms with van der Waals surface area (Å²) in [5.74, 6) is 0. The van der Waals surface area contributed by atoms with Crippen LogP contribution in [0.3, 0.4) is 0 Å². The molecule has 5 aromatic carbocycles. The van der Waals surface area contributed by atoms with Crippen LogP contribution in [0.25, 0.3) is 60.2 Å². The Morgan fingerprint density at radius 1 is 0.622 bits per heavy atom. The van der Waals surface area contributed by atoms with Crippen LogP contribution in [0, 0.1) is 0 Å². The third kappa shape index (κ3) is 2.76.